The number of benzene rings is 1. The van der Waals surface area contributed by atoms with Gasteiger partial charge >= 0.3 is 0 Å². The van der Waals surface area contributed by atoms with Crippen LogP contribution in [0.15, 0.2) is 24.3 Å². The molecule has 0 atom stereocenters. The lowest BCUT2D eigenvalue weighted by atomic mass is 10.2. The fourth-order valence-electron chi connectivity index (χ4n) is 1.24. The van der Waals surface area contributed by atoms with Crippen molar-refractivity contribution in [1.29, 1.82) is 0 Å². The molecule has 0 N–H and O–H groups in total. The molecule has 1 aromatic carbocycles. The fraction of sp³-hybridized carbons (Fsp3) is 0.0769. The van der Waals surface area contributed by atoms with Crippen molar-refractivity contribution in [2.24, 2.45) is 0 Å². The van der Waals surface area contributed by atoms with Crippen LogP contribution in [0, 0.1) is 36.3 Å². The van der Waals surface area contributed by atoms with E-state index in [0.717, 1.165) is 10.8 Å². The SMILES string of the molecule is C#Cc1ccccc1[Si](C)(C#C)C#C. The average Bonchev–Trinajstić information content (AvgIpc) is 2.28. The smallest absolute Gasteiger partial charge is 0.126 e. The van der Waals surface area contributed by atoms with Crippen LogP contribution in [-0.2, 0) is 0 Å². The molecule has 0 nitrogen and oxygen atoms in total. The molecular weight excluding hydrogens is 184 g/mol. The van der Waals surface area contributed by atoms with E-state index in [1.165, 1.54) is 0 Å². The van der Waals surface area contributed by atoms with Gasteiger partial charge in [-0.25, -0.2) is 0 Å². The van der Waals surface area contributed by atoms with E-state index < -0.39 is 8.07 Å². The van der Waals surface area contributed by atoms with Crippen molar-refractivity contribution in [2.45, 2.75) is 6.55 Å². The number of hydrogen-bond acceptors (Lipinski definition) is 0. The van der Waals surface area contributed by atoms with Gasteiger partial charge in [0.1, 0.15) is 0 Å². The molecule has 0 unspecified atom stereocenters. The third-order valence-corrected chi connectivity index (χ3v) is 4.87. The molecule has 0 radical (unpaired) electrons. The molecular formula is C13H10Si. The number of rotatable bonds is 1. The molecule has 0 saturated heterocycles. The summed E-state index contributed by atoms with van der Waals surface area (Å²) in [5, 5.41) is 0.979. The highest BCUT2D eigenvalue weighted by molar-refractivity contribution is 7.03. The van der Waals surface area contributed by atoms with Gasteiger partial charge < -0.3 is 0 Å². The van der Waals surface area contributed by atoms with Gasteiger partial charge in [0.2, 0.25) is 8.07 Å². The zero-order chi connectivity index (χ0) is 10.6. The zero-order valence-electron chi connectivity index (χ0n) is 8.04. The first-order chi connectivity index (χ1) is 6.68. The predicted molar refractivity (Wildman–Crippen MR) is 63.3 cm³/mol. The monoisotopic (exact) mass is 194 g/mol. The number of hydrogen-bond donors (Lipinski definition) is 0. The highest BCUT2D eigenvalue weighted by atomic mass is 28.3. The lowest BCUT2D eigenvalue weighted by molar-refractivity contribution is 1.68. The Bertz CT molecular complexity index is 449. The van der Waals surface area contributed by atoms with Gasteiger partial charge in [-0.05, 0) is 17.8 Å². The van der Waals surface area contributed by atoms with E-state index in [1.807, 2.05) is 30.8 Å². The van der Waals surface area contributed by atoms with Gasteiger partial charge in [0.15, 0.2) is 0 Å². The van der Waals surface area contributed by atoms with E-state index in [4.69, 9.17) is 19.3 Å². The first-order valence-electron chi connectivity index (χ1n) is 4.19. The van der Waals surface area contributed by atoms with Crippen LogP contribution in [0.4, 0.5) is 0 Å². The quantitative estimate of drug-likeness (QED) is 0.467. The van der Waals surface area contributed by atoms with E-state index in [0.29, 0.717) is 0 Å². The normalized spacial score (nSPS) is 9.57. The van der Waals surface area contributed by atoms with Crippen molar-refractivity contribution < 1.29 is 0 Å². The van der Waals surface area contributed by atoms with Crippen LogP contribution in [0.5, 0.6) is 0 Å². The third-order valence-electron chi connectivity index (χ3n) is 2.20. The summed E-state index contributed by atoms with van der Waals surface area (Å²) in [6.07, 6.45) is 16.3. The van der Waals surface area contributed by atoms with Crippen molar-refractivity contribution in [3.8, 4) is 36.3 Å². The van der Waals surface area contributed by atoms with Crippen molar-refractivity contribution in [2.75, 3.05) is 0 Å². The maximum absolute atomic E-state index is 5.47. The molecule has 1 aromatic rings. The molecule has 0 aliphatic rings. The van der Waals surface area contributed by atoms with Gasteiger partial charge in [-0.1, -0.05) is 24.1 Å². The van der Waals surface area contributed by atoms with Crippen LogP contribution < -0.4 is 5.19 Å². The number of terminal acetylenes is 3. The standard InChI is InChI=1S/C13H10Si/c1-5-12-10-8-9-11-13(12)14(4,6-2)7-3/h1-3,8-11H,4H3. The third kappa shape index (κ3) is 1.57. The second kappa shape index (κ2) is 3.88. The topological polar surface area (TPSA) is 0 Å². The van der Waals surface area contributed by atoms with Crippen molar-refractivity contribution in [3.05, 3.63) is 29.8 Å². The molecule has 0 aromatic heterocycles. The largest absolute Gasteiger partial charge is 0.243 e. The average molecular weight is 194 g/mol. The second-order valence-corrected chi connectivity index (χ2v) is 6.47. The molecule has 0 fully saturated rings. The first kappa shape index (κ1) is 10.2. The van der Waals surface area contributed by atoms with Crippen molar-refractivity contribution in [3.63, 3.8) is 0 Å². The summed E-state index contributed by atoms with van der Waals surface area (Å²) < 4.78 is 0. The second-order valence-electron chi connectivity index (χ2n) is 3.10. The maximum Gasteiger partial charge on any atom is 0.243 e. The summed E-state index contributed by atoms with van der Waals surface area (Å²) in [4.78, 5) is 0. The van der Waals surface area contributed by atoms with E-state index in [2.05, 4.69) is 17.0 Å². The fourth-order valence-corrected chi connectivity index (χ4v) is 2.76. The Morgan fingerprint density at radius 2 is 1.64 bits per heavy atom. The summed E-state index contributed by atoms with van der Waals surface area (Å²) >= 11 is 0. The maximum atomic E-state index is 5.47. The van der Waals surface area contributed by atoms with Gasteiger partial charge in [0.25, 0.3) is 0 Å². The molecule has 0 bridgehead atoms. The summed E-state index contributed by atoms with van der Waals surface area (Å²) in [6, 6.07) is 7.60. The van der Waals surface area contributed by atoms with Crippen LogP contribution in [0.25, 0.3) is 0 Å². The minimum Gasteiger partial charge on any atom is -0.126 e. The minimum atomic E-state index is -2.23. The molecule has 0 aliphatic carbocycles. The van der Waals surface area contributed by atoms with E-state index in [9.17, 15) is 0 Å². The Morgan fingerprint density at radius 1 is 1.07 bits per heavy atom. The zero-order valence-corrected chi connectivity index (χ0v) is 9.04. The summed E-state index contributed by atoms with van der Waals surface area (Å²) in [5.41, 5.74) is 6.27. The van der Waals surface area contributed by atoms with Gasteiger partial charge in [0, 0.05) is 5.56 Å². The van der Waals surface area contributed by atoms with Gasteiger partial charge in [-0.3, -0.25) is 0 Å². The van der Waals surface area contributed by atoms with Crippen molar-refractivity contribution in [1.82, 2.24) is 0 Å². The first-order valence-corrected chi connectivity index (χ1v) is 6.69. The molecule has 1 heteroatoms. The van der Waals surface area contributed by atoms with Crippen LogP contribution in [0.3, 0.4) is 0 Å². The van der Waals surface area contributed by atoms with Crippen molar-refractivity contribution >= 4 is 13.3 Å². The molecule has 0 aliphatic heterocycles. The van der Waals surface area contributed by atoms with Crippen LogP contribution in [-0.4, -0.2) is 8.07 Å². The van der Waals surface area contributed by atoms with Gasteiger partial charge in [-0.15, -0.1) is 30.4 Å². The van der Waals surface area contributed by atoms with Crippen LogP contribution in [0.2, 0.25) is 6.55 Å². The van der Waals surface area contributed by atoms with Gasteiger partial charge in [0.05, 0.1) is 0 Å². The molecule has 66 valence electrons. The Hall–Kier alpha value is -1.88. The molecule has 0 heterocycles. The Morgan fingerprint density at radius 3 is 2.14 bits per heavy atom. The minimum absolute atomic E-state index is 0.817. The molecule has 1 rings (SSSR count). The Labute approximate surface area is 86.4 Å². The summed E-state index contributed by atoms with van der Waals surface area (Å²) in [5.74, 6) is 2.61. The Kier molecular flexibility index (Phi) is 2.83. The van der Waals surface area contributed by atoms with E-state index in [-0.39, 0.29) is 0 Å². The highest BCUT2D eigenvalue weighted by Gasteiger charge is 2.26. The Balaban J connectivity index is 3.43. The molecule has 0 spiro atoms. The predicted octanol–water partition coefficient (Wildman–Crippen LogP) is 1.30. The lowest BCUT2D eigenvalue weighted by Crippen LogP contribution is -2.44. The highest BCUT2D eigenvalue weighted by Crippen LogP contribution is 2.04. The summed E-state index contributed by atoms with van der Waals surface area (Å²) in [6.45, 7) is 1.95. The molecule has 14 heavy (non-hydrogen) atoms. The van der Waals surface area contributed by atoms with E-state index in [1.54, 1.807) is 0 Å². The van der Waals surface area contributed by atoms with Gasteiger partial charge in [-0.2, -0.15) is 0 Å². The molecule has 0 amide bonds. The lowest BCUT2D eigenvalue weighted by Gasteiger charge is -2.15. The molecule has 0 saturated carbocycles. The summed E-state index contributed by atoms with van der Waals surface area (Å²) in [7, 11) is -2.23. The van der Waals surface area contributed by atoms with Crippen LogP contribution in [0.1, 0.15) is 5.56 Å². The van der Waals surface area contributed by atoms with E-state index >= 15 is 0 Å². The van der Waals surface area contributed by atoms with Crippen LogP contribution >= 0.6 is 0 Å².